The lowest BCUT2D eigenvalue weighted by atomic mass is 9.89. The molecule has 0 radical (unpaired) electrons. The minimum Gasteiger partial charge on any atom is -0.386 e. The highest BCUT2D eigenvalue weighted by molar-refractivity contribution is 7.96. The third kappa shape index (κ3) is 3.47. The molecule has 3 atom stereocenters. The van der Waals surface area contributed by atoms with Gasteiger partial charge in [0.25, 0.3) is 5.91 Å². The fourth-order valence-corrected chi connectivity index (χ4v) is 7.71. The monoisotopic (exact) mass is 488 g/mol. The van der Waals surface area contributed by atoms with Crippen molar-refractivity contribution >= 4 is 38.9 Å². The maximum Gasteiger partial charge on any atom is 0.258 e. The molecule has 3 N–H and O–H groups in total. The number of pyridine rings is 1. The molecule has 2 aliphatic rings. The summed E-state index contributed by atoms with van der Waals surface area (Å²) in [4.78, 5) is 21.7. The van der Waals surface area contributed by atoms with Gasteiger partial charge in [0.2, 0.25) is 0 Å². The number of hydrogen-bond donors (Lipinski definition) is 2. The van der Waals surface area contributed by atoms with Crippen molar-refractivity contribution in [2.45, 2.75) is 42.7 Å². The van der Waals surface area contributed by atoms with Crippen LogP contribution in [-0.4, -0.2) is 37.5 Å². The van der Waals surface area contributed by atoms with Gasteiger partial charge >= 0.3 is 0 Å². The zero-order valence-electron chi connectivity index (χ0n) is 18.2. The summed E-state index contributed by atoms with van der Waals surface area (Å²) in [5.41, 5.74) is 5.26. The van der Waals surface area contributed by atoms with E-state index in [1.807, 2.05) is 6.07 Å². The van der Waals surface area contributed by atoms with Crippen LogP contribution in [0.1, 0.15) is 48.8 Å². The normalized spacial score (nSPS) is 27.6. The molecule has 3 heterocycles. The molecule has 0 fully saturated rings. The van der Waals surface area contributed by atoms with E-state index in [1.165, 1.54) is 30.3 Å². The predicted molar refractivity (Wildman–Crippen MR) is 125 cm³/mol. The Labute approximate surface area is 196 Å². The number of amides is 1. The first kappa shape index (κ1) is 23.1. The van der Waals surface area contributed by atoms with E-state index in [9.17, 15) is 9.00 Å². The first-order valence-electron chi connectivity index (χ1n) is 10.2. The quantitative estimate of drug-likeness (QED) is 0.680. The number of hydrogen-bond acceptors (Lipinski definition) is 7. The van der Waals surface area contributed by atoms with Gasteiger partial charge in [0, 0.05) is 6.54 Å². The van der Waals surface area contributed by atoms with Gasteiger partial charge < -0.3 is 11.1 Å². The molecule has 0 bridgehead atoms. The molecule has 0 spiro atoms. The van der Waals surface area contributed by atoms with Crippen molar-refractivity contribution in [1.82, 2.24) is 4.98 Å². The first-order valence-corrected chi connectivity index (χ1v) is 12.1. The summed E-state index contributed by atoms with van der Waals surface area (Å²) in [6.45, 7) is 5.48. The van der Waals surface area contributed by atoms with Gasteiger partial charge in [-0.1, -0.05) is 11.6 Å². The van der Waals surface area contributed by atoms with E-state index in [0.29, 0.717) is 18.5 Å². The van der Waals surface area contributed by atoms with Gasteiger partial charge in [-0.25, -0.2) is 17.9 Å². The molecule has 11 heteroatoms. The molecule has 0 aliphatic carbocycles. The number of halogens is 2. The van der Waals surface area contributed by atoms with Gasteiger partial charge in [0.05, 0.1) is 37.2 Å². The zero-order chi connectivity index (χ0) is 24.2. The van der Waals surface area contributed by atoms with Crippen molar-refractivity contribution in [2.75, 3.05) is 11.9 Å². The molecule has 2 aliphatic heterocycles. The highest BCUT2D eigenvalue weighted by atomic mass is 35.5. The van der Waals surface area contributed by atoms with Crippen molar-refractivity contribution < 1.29 is 13.4 Å². The maximum atomic E-state index is 15.0. The average Bonchev–Trinajstić information content (AvgIpc) is 3.18. The van der Waals surface area contributed by atoms with E-state index in [4.69, 9.17) is 22.6 Å². The number of nitrogens with one attached hydrogen (secondary N) is 1. The number of nitriles is 1. The number of carbonyl (C=O) groups is 1. The van der Waals surface area contributed by atoms with Gasteiger partial charge in [-0.05, 0) is 57.5 Å². The predicted octanol–water partition coefficient (Wildman–Crippen LogP) is 3.60. The van der Waals surface area contributed by atoms with Crippen LogP contribution >= 0.6 is 11.6 Å². The van der Waals surface area contributed by atoms with Crippen LogP contribution in [0, 0.1) is 17.1 Å². The number of fused-ring (bicyclic) bond motifs is 1. The number of nitrogens with zero attached hydrogens (tertiary/aromatic N) is 4. The van der Waals surface area contributed by atoms with Crippen molar-refractivity contribution in [2.24, 2.45) is 15.1 Å². The number of amidine groups is 1. The molecule has 2 aromatic rings. The standard InChI is InChI=1S/C22H22ClFN6O2S/c1-21(2)20(26)30-22(3,16-8-9-27-33(16,21)32)18-15(24)6-7-17(28-18)29-19(31)13-5-4-12(11-25)10-14(13)23/h4-7,10,16H,8-9H2,1-3H3,(H2,26,30)(H,28,29,31)/t16-,22-,33+/m0/s1. The van der Waals surface area contributed by atoms with Gasteiger partial charge in [-0.3, -0.25) is 9.79 Å². The van der Waals surface area contributed by atoms with Gasteiger partial charge in [-0.15, -0.1) is 0 Å². The van der Waals surface area contributed by atoms with Crippen LogP contribution in [-0.2, 0) is 15.3 Å². The first-order chi connectivity index (χ1) is 15.4. The van der Waals surface area contributed by atoms with Crippen LogP contribution < -0.4 is 11.1 Å². The van der Waals surface area contributed by atoms with Crippen molar-refractivity contribution in [3.05, 3.63) is 58.0 Å². The molecular formula is C22H22ClFN6O2S. The number of carbonyl (C=O) groups excluding carboxylic acids is 1. The lowest BCUT2D eigenvalue weighted by Crippen LogP contribution is -2.58. The fraction of sp³-hybridized carbons (Fsp3) is 0.364. The molecule has 8 nitrogen and oxygen atoms in total. The van der Waals surface area contributed by atoms with Crippen LogP contribution in [0.3, 0.4) is 0 Å². The number of aliphatic imine (C=N–C) groups is 1. The van der Waals surface area contributed by atoms with E-state index in [1.54, 1.807) is 20.8 Å². The molecule has 33 heavy (non-hydrogen) atoms. The second-order valence-corrected chi connectivity index (χ2v) is 12.0. The zero-order valence-corrected chi connectivity index (χ0v) is 19.8. The second kappa shape index (κ2) is 7.78. The molecule has 172 valence electrons. The topological polar surface area (TPSA) is 134 Å². The minimum atomic E-state index is -2.86. The summed E-state index contributed by atoms with van der Waals surface area (Å²) in [7, 11) is -2.86. The smallest absolute Gasteiger partial charge is 0.258 e. The number of aromatic nitrogens is 1. The molecule has 1 aromatic heterocycles. The molecule has 0 unspecified atom stereocenters. The number of benzene rings is 1. The maximum absolute atomic E-state index is 15.0. The molecule has 1 amide bonds. The Morgan fingerprint density at radius 2 is 2.06 bits per heavy atom. The van der Waals surface area contributed by atoms with Crippen LogP contribution in [0.5, 0.6) is 0 Å². The number of rotatable bonds is 3. The highest BCUT2D eigenvalue weighted by Crippen LogP contribution is 2.47. The average molecular weight is 489 g/mol. The molecule has 4 rings (SSSR count). The summed E-state index contributed by atoms with van der Waals surface area (Å²) in [5, 5.41) is 11.1. The highest BCUT2D eigenvalue weighted by Gasteiger charge is 2.57. The third-order valence-electron chi connectivity index (χ3n) is 6.30. The fourth-order valence-electron chi connectivity index (χ4n) is 4.30. The molecule has 0 saturated carbocycles. The summed E-state index contributed by atoms with van der Waals surface area (Å²) in [6.07, 6.45) is 0.452. The van der Waals surface area contributed by atoms with Crippen molar-refractivity contribution in [3.63, 3.8) is 0 Å². The van der Waals surface area contributed by atoms with Crippen LogP contribution in [0.15, 0.2) is 39.7 Å². The largest absolute Gasteiger partial charge is 0.386 e. The van der Waals surface area contributed by atoms with Crippen LogP contribution in [0.25, 0.3) is 0 Å². The lowest BCUT2D eigenvalue weighted by molar-refractivity contribution is 0.102. The Bertz CT molecular complexity index is 1380. The minimum absolute atomic E-state index is 0.0677. The van der Waals surface area contributed by atoms with Crippen LogP contribution in [0.2, 0.25) is 5.02 Å². The second-order valence-electron chi connectivity index (χ2n) is 8.64. The number of nitrogens with two attached hydrogens (primary N) is 1. The Morgan fingerprint density at radius 1 is 1.33 bits per heavy atom. The Morgan fingerprint density at radius 3 is 2.73 bits per heavy atom. The summed E-state index contributed by atoms with van der Waals surface area (Å²) >= 11 is 6.12. The Balaban J connectivity index is 1.75. The van der Waals surface area contributed by atoms with Crippen molar-refractivity contribution in [3.8, 4) is 6.07 Å². The van der Waals surface area contributed by atoms with E-state index in [0.717, 1.165) is 0 Å². The van der Waals surface area contributed by atoms with Crippen molar-refractivity contribution in [1.29, 1.82) is 5.26 Å². The van der Waals surface area contributed by atoms with E-state index >= 15 is 4.39 Å². The van der Waals surface area contributed by atoms with Gasteiger partial charge in [0.15, 0.2) is 0 Å². The third-order valence-corrected chi connectivity index (χ3v) is 10.3. The van der Waals surface area contributed by atoms with Gasteiger partial charge in [-0.2, -0.15) is 5.26 Å². The Hall–Kier alpha value is -3.03. The summed E-state index contributed by atoms with van der Waals surface area (Å²) < 4.78 is 32.4. The van der Waals surface area contributed by atoms with E-state index in [2.05, 4.69) is 19.7 Å². The molecule has 1 aromatic carbocycles. The molecular weight excluding hydrogens is 467 g/mol. The van der Waals surface area contributed by atoms with Crippen LogP contribution in [0.4, 0.5) is 10.2 Å². The lowest BCUT2D eigenvalue weighted by Gasteiger charge is -2.44. The SMILES string of the molecule is CC1(C)C(N)=N[C@](C)(c2nc(NC(=O)c3ccc(C#N)cc3Cl)ccc2F)[C@@H]2CCN=[S@@]21=O. The van der Waals surface area contributed by atoms with Gasteiger partial charge in [0.1, 0.15) is 33.5 Å². The molecule has 0 saturated heterocycles. The van der Waals surface area contributed by atoms with E-state index < -0.39 is 37.0 Å². The summed E-state index contributed by atoms with van der Waals surface area (Å²) in [6, 6.07) is 8.69. The Kier molecular flexibility index (Phi) is 5.46. The number of anilines is 1. The van der Waals surface area contributed by atoms with E-state index in [-0.39, 0.29) is 27.9 Å². The summed E-state index contributed by atoms with van der Waals surface area (Å²) in [5.74, 6) is -1.04.